The van der Waals surface area contributed by atoms with Gasteiger partial charge >= 0.3 is 12.1 Å². The minimum atomic E-state index is -1.11. The number of rotatable bonds is 10. The number of primary amides is 1. The Morgan fingerprint density at radius 3 is 2.24 bits per heavy atom. The molecule has 0 bridgehead atoms. The molecule has 0 aliphatic heterocycles. The molecule has 0 spiro atoms. The van der Waals surface area contributed by atoms with Crippen LogP contribution in [0.2, 0.25) is 0 Å². The molecule has 11 heteroatoms. The molecule has 0 saturated heterocycles. The zero-order valence-electron chi connectivity index (χ0n) is 18.7. The Balaban J connectivity index is 1.95. The van der Waals surface area contributed by atoms with Gasteiger partial charge in [0.1, 0.15) is 18.7 Å². The summed E-state index contributed by atoms with van der Waals surface area (Å²) in [6.45, 7) is 1.45. The number of nitrogens with zero attached hydrogens (tertiary/aromatic N) is 3. The second-order valence-electron chi connectivity index (χ2n) is 7.31. The van der Waals surface area contributed by atoms with Gasteiger partial charge in [-0.3, -0.25) is 9.59 Å². The molecule has 34 heavy (non-hydrogen) atoms. The number of amides is 3. The largest absolute Gasteiger partial charge is 0.466 e. The lowest BCUT2D eigenvalue weighted by Crippen LogP contribution is -2.54. The predicted octanol–water partition coefficient (Wildman–Crippen LogP) is 2.29. The van der Waals surface area contributed by atoms with Gasteiger partial charge < -0.3 is 20.5 Å². The van der Waals surface area contributed by atoms with Gasteiger partial charge in [0, 0.05) is 18.0 Å². The van der Waals surface area contributed by atoms with E-state index in [9.17, 15) is 14.4 Å². The minimum Gasteiger partial charge on any atom is -0.466 e. The normalized spacial score (nSPS) is 12.3. The van der Waals surface area contributed by atoms with Gasteiger partial charge in [0.15, 0.2) is 0 Å². The van der Waals surface area contributed by atoms with Crippen molar-refractivity contribution in [2.75, 3.05) is 12.0 Å². The number of aromatic nitrogens is 2. The predicted molar refractivity (Wildman–Crippen MR) is 126 cm³/mol. The standard InChI is InChI=1S/C23H25N5O5S/c1-15(19(24)29)25-20(30)18(13-16-9-5-3-6-10-16)28(22-26-21(32-2)27-34-22)23(31)33-14-17-11-7-4-8-12-17/h3-12,15,18H,13-14H2,1-2H3,(H2,24,29)(H,25,30)/t15-,18-/m0/s1. The minimum absolute atomic E-state index is 0.0104. The fraction of sp³-hybridized carbons (Fsp3) is 0.261. The second-order valence-corrected chi connectivity index (χ2v) is 8.04. The molecule has 3 rings (SSSR count). The topological polar surface area (TPSA) is 137 Å². The summed E-state index contributed by atoms with van der Waals surface area (Å²) in [5.41, 5.74) is 6.88. The Labute approximate surface area is 200 Å². The highest BCUT2D eigenvalue weighted by molar-refractivity contribution is 7.10. The van der Waals surface area contributed by atoms with Crippen molar-refractivity contribution in [2.45, 2.75) is 32.0 Å². The summed E-state index contributed by atoms with van der Waals surface area (Å²) in [6.07, 6.45) is -0.675. The number of hydrogen-bond donors (Lipinski definition) is 2. The summed E-state index contributed by atoms with van der Waals surface area (Å²) < 4.78 is 14.6. The first-order valence-corrected chi connectivity index (χ1v) is 11.2. The highest BCUT2D eigenvalue weighted by Gasteiger charge is 2.36. The van der Waals surface area contributed by atoms with Crippen LogP contribution >= 0.6 is 11.5 Å². The van der Waals surface area contributed by atoms with Gasteiger partial charge in [0.2, 0.25) is 16.9 Å². The molecule has 3 amide bonds. The molecule has 2 aromatic carbocycles. The zero-order chi connectivity index (χ0) is 24.5. The molecule has 3 aromatic rings. The summed E-state index contributed by atoms with van der Waals surface area (Å²) in [7, 11) is 1.40. The van der Waals surface area contributed by atoms with E-state index in [4.69, 9.17) is 15.2 Å². The molecule has 0 unspecified atom stereocenters. The lowest BCUT2D eigenvalue weighted by molar-refractivity contribution is -0.127. The Bertz CT molecular complexity index is 1110. The quantitative estimate of drug-likeness (QED) is 0.451. The van der Waals surface area contributed by atoms with Crippen LogP contribution in [0.3, 0.4) is 0 Å². The number of nitrogens with one attached hydrogen (secondary N) is 1. The van der Waals surface area contributed by atoms with Crippen LogP contribution in [0.25, 0.3) is 0 Å². The van der Waals surface area contributed by atoms with Crippen molar-refractivity contribution in [3.63, 3.8) is 0 Å². The van der Waals surface area contributed by atoms with Crippen LogP contribution in [-0.2, 0) is 27.4 Å². The van der Waals surface area contributed by atoms with Crippen molar-refractivity contribution < 1.29 is 23.9 Å². The third-order valence-corrected chi connectivity index (χ3v) is 5.56. The van der Waals surface area contributed by atoms with Crippen LogP contribution in [0.5, 0.6) is 6.01 Å². The van der Waals surface area contributed by atoms with Gasteiger partial charge in [0.05, 0.1) is 7.11 Å². The number of anilines is 1. The van der Waals surface area contributed by atoms with Crippen molar-refractivity contribution in [2.24, 2.45) is 5.73 Å². The van der Waals surface area contributed by atoms with Crippen LogP contribution in [0.1, 0.15) is 18.1 Å². The lowest BCUT2D eigenvalue weighted by Gasteiger charge is -2.28. The number of ether oxygens (including phenoxy) is 2. The van der Waals surface area contributed by atoms with Gasteiger partial charge in [-0.25, -0.2) is 9.69 Å². The van der Waals surface area contributed by atoms with Gasteiger partial charge in [-0.2, -0.15) is 4.98 Å². The summed E-state index contributed by atoms with van der Waals surface area (Å²) in [6, 6.07) is 16.3. The number of hydrogen-bond acceptors (Lipinski definition) is 8. The maximum Gasteiger partial charge on any atom is 0.417 e. The fourth-order valence-electron chi connectivity index (χ4n) is 3.03. The highest BCUT2D eigenvalue weighted by atomic mass is 32.1. The molecule has 1 heterocycles. The molecule has 0 radical (unpaired) electrons. The maximum atomic E-state index is 13.3. The van der Waals surface area contributed by atoms with E-state index in [1.807, 2.05) is 60.7 Å². The van der Waals surface area contributed by atoms with E-state index in [-0.39, 0.29) is 24.2 Å². The first kappa shape index (κ1) is 24.6. The van der Waals surface area contributed by atoms with Crippen molar-refractivity contribution in [3.8, 4) is 6.01 Å². The summed E-state index contributed by atoms with van der Waals surface area (Å²) in [5, 5.41) is 2.67. The first-order chi connectivity index (χ1) is 16.4. The summed E-state index contributed by atoms with van der Waals surface area (Å²) in [5.74, 6) is -1.30. The van der Waals surface area contributed by atoms with E-state index in [2.05, 4.69) is 14.7 Å². The van der Waals surface area contributed by atoms with Crippen molar-refractivity contribution in [1.82, 2.24) is 14.7 Å². The van der Waals surface area contributed by atoms with Gasteiger partial charge in [-0.1, -0.05) is 60.7 Å². The van der Waals surface area contributed by atoms with Gasteiger partial charge in [0.25, 0.3) is 0 Å². The average Bonchev–Trinajstić information content (AvgIpc) is 3.32. The van der Waals surface area contributed by atoms with Crippen LogP contribution in [0.15, 0.2) is 60.7 Å². The number of benzene rings is 2. The van der Waals surface area contributed by atoms with Gasteiger partial charge in [-0.05, 0) is 18.1 Å². The van der Waals surface area contributed by atoms with E-state index in [1.54, 1.807) is 0 Å². The second kappa shape index (κ2) is 11.8. The molecule has 0 saturated carbocycles. The first-order valence-electron chi connectivity index (χ1n) is 10.4. The average molecular weight is 484 g/mol. The molecule has 0 aliphatic carbocycles. The SMILES string of the molecule is COc1nsc(N(C(=O)OCc2ccccc2)[C@@H](Cc2ccccc2)C(=O)N[C@@H](C)C(N)=O)n1. The van der Waals surface area contributed by atoms with Crippen LogP contribution in [0, 0.1) is 0 Å². The molecular weight excluding hydrogens is 458 g/mol. The molecule has 3 N–H and O–H groups in total. The fourth-order valence-corrected chi connectivity index (χ4v) is 3.71. The number of carbonyl (C=O) groups is 3. The van der Waals surface area contributed by atoms with E-state index in [0.29, 0.717) is 0 Å². The molecule has 2 atom stereocenters. The number of carbonyl (C=O) groups excluding carboxylic acids is 3. The summed E-state index contributed by atoms with van der Waals surface area (Å²) in [4.78, 5) is 43.5. The molecule has 10 nitrogen and oxygen atoms in total. The molecule has 178 valence electrons. The molecule has 0 fully saturated rings. The van der Waals surface area contributed by atoms with Crippen LogP contribution in [0.4, 0.5) is 9.93 Å². The Kier molecular flexibility index (Phi) is 8.52. The van der Waals surface area contributed by atoms with Crippen molar-refractivity contribution in [1.29, 1.82) is 0 Å². The van der Waals surface area contributed by atoms with Gasteiger partial charge in [-0.15, -0.1) is 4.37 Å². The Morgan fingerprint density at radius 2 is 1.68 bits per heavy atom. The van der Waals surface area contributed by atoms with Crippen LogP contribution in [-0.4, -0.2) is 46.5 Å². The Morgan fingerprint density at radius 1 is 1.06 bits per heavy atom. The van der Waals surface area contributed by atoms with Crippen LogP contribution < -0.4 is 20.7 Å². The lowest BCUT2D eigenvalue weighted by atomic mass is 10.0. The molecule has 0 aliphatic rings. The number of methoxy groups -OCH3 is 1. The van der Waals surface area contributed by atoms with E-state index < -0.39 is 30.0 Å². The molecular formula is C23H25N5O5S. The highest BCUT2D eigenvalue weighted by Crippen LogP contribution is 2.26. The van der Waals surface area contributed by atoms with E-state index in [0.717, 1.165) is 27.6 Å². The van der Waals surface area contributed by atoms with E-state index in [1.165, 1.54) is 14.0 Å². The zero-order valence-corrected chi connectivity index (χ0v) is 19.5. The smallest absolute Gasteiger partial charge is 0.417 e. The Hall–Kier alpha value is -3.99. The number of nitrogens with two attached hydrogens (primary N) is 1. The monoisotopic (exact) mass is 483 g/mol. The van der Waals surface area contributed by atoms with Crippen molar-refractivity contribution >= 4 is 34.6 Å². The molecule has 1 aromatic heterocycles. The summed E-state index contributed by atoms with van der Waals surface area (Å²) >= 11 is 0.881. The maximum absolute atomic E-state index is 13.3. The third-order valence-electron chi connectivity index (χ3n) is 4.86. The van der Waals surface area contributed by atoms with Crippen molar-refractivity contribution in [3.05, 3.63) is 71.8 Å². The van der Waals surface area contributed by atoms with E-state index >= 15 is 0 Å². The third kappa shape index (κ3) is 6.51.